The molecule has 2 N–H and O–H groups in total. The van der Waals surface area contributed by atoms with Gasteiger partial charge in [-0.1, -0.05) is 13.0 Å². The number of amides is 1. The van der Waals surface area contributed by atoms with E-state index in [-0.39, 0.29) is 23.2 Å². The summed E-state index contributed by atoms with van der Waals surface area (Å²) in [5.41, 5.74) is 1.97. The average molecular weight is 263 g/mol. The van der Waals surface area contributed by atoms with Crippen molar-refractivity contribution in [2.45, 2.75) is 35.8 Å². The highest BCUT2D eigenvalue weighted by atomic mass is 32.2. The number of fused-ring (bicyclic) bond motifs is 1. The number of hydrogen-bond acceptors (Lipinski definition) is 3. The Hall–Kier alpha value is -1.00. The van der Waals surface area contributed by atoms with Gasteiger partial charge in [0.05, 0.1) is 17.5 Å². The van der Waals surface area contributed by atoms with Crippen molar-refractivity contribution in [1.82, 2.24) is 0 Å². The summed E-state index contributed by atoms with van der Waals surface area (Å²) in [6.45, 7) is 4.25. The third kappa shape index (κ3) is 1.67. The van der Waals surface area contributed by atoms with Crippen LogP contribution in [-0.2, 0) is 10.2 Å². The minimum Gasteiger partial charge on any atom is -0.395 e. The first-order valence-electron chi connectivity index (χ1n) is 6.30. The number of nitrogens with one attached hydrogen (secondary N) is 1. The van der Waals surface area contributed by atoms with Crippen LogP contribution in [0.3, 0.4) is 0 Å². The van der Waals surface area contributed by atoms with Crippen molar-refractivity contribution in [2.24, 2.45) is 5.92 Å². The largest absolute Gasteiger partial charge is 0.395 e. The minimum atomic E-state index is -0.0759. The number of thioether (sulfide) groups is 1. The predicted octanol–water partition coefficient (Wildman–Crippen LogP) is 2.39. The Labute approximate surface area is 111 Å². The molecule has 18 heavy (non-hydrogen) atoms. The highest BCUT2D eigenvalue weighted by Crippen LogP contribution is 2.54. The number of benzene rings is 1. The second kappa shape index (κ2) is 4.00. The normalized spacial score (nSPS) is 33.8. The smallest absolute Gasteiger partial charge is 0.237 e. The lowest BCUT2D eigenvalue weighted by Crippen LogP contribution is -2.27. The number of carbonyl (C=O) groups excluding carboxylic acids is 1. The molecule has 3 nitrogen and oxygen atoms in total. The maximum Gasteiger partial charge on any atom is 0.237 e. The molecule has 3 rings (SSSR count). The summed E-state index contributed by atoms with van der Waals surface area (Å²) in [6, 6.07) is 6.19. The average Bonchev–Trinajstić information content (AvgIpc) is 3.02. The minimum absolute atomic E-state index is 0.0324. The summed E-state index contributed by atoms with van der Waals surface area (Å²) < 4.78 is 0. The molecular formula is C14H17NO2S. The third-order valence-electron chi connectivity index (χ3n) is 4.22. The van der Waals surface area contributed by atoms with E-state index in [4.69, 9.17) is 0 Å². The summed E-state index contributed by atoms with van der Waals surface area (Å²) in [7, 11) is 0. The van der Waals surface area contributed by atoms with Crippen LogP contribution in [0.25, 0.3) is 0 Å². The van der Waals surface area contributed by atoms with E-state index in [0.717, 1.165) is 22.6 Å². The van der Waals surface area contributed by atoms with Crippen molar-refractivity contribution in [3.8, 4) is 0 Å². The van der Waals surface area contributed by atoms with Crippen molar-refractivity contribution in [1.29, 1.82) is 0 Å². The SMILES string of the molecule is CC1Sc2ccc(C3(CO)CC3C)cc2NC1=O. The van der Waals surface area contributed by atoms with Gasteiger partial charge < -0.3 is 10.4 Å². The standard InChI is InChI=1S/C14H17NO2S/c1-8-6-14(8,7-16)10-3-4-12-11(5-10)15-13(17)9(2)18-12/h3-5,8-9,16H,6-7H2,1-2H3,(H,15,17). The lowest BCUT2D eigenvalue weighted by molar-refractivity contribution is -0.115. The van der Waals surface area contributed by atoms with Gasteiger partial charge >= 0.3 is 0 Å². The van der Waals surface area contributed by atoms with Crippen LogP contribution in [-0.4, -0.2) is 22.9 Å². The molecule has 1 amide bonds. The number of rotatable bonds is 2. The van der Waals surface area contributed by atoms with Gasteiger partial charge in [0.15, 0.2) is 0 Å². The first-order chi connectivity index (χ1) is 8.56. The zero-order chi connectivity index (χ0) is 12.9. The van der Waals surface area contributed by atoms with Gasteiger partial charge in [0.1, 0.15) is 0 Å². The van der Waals surface area contributed by atoms with Crippen LogP contribution in [0.2, 0.25) is 0 Å². The van der Waals surface area contributed by atoms with Gasteiger partial charge in [0, 0.05) is 10.3 Å². The Kier molecular flexibility index (Phi) is 2.68. The lowest BCUT2D eigenvalue weighted by Gasteiger charge is -2.23. The zero-order valence-corrected chi connectivity index (χ0v) is 11.4. The summed E-state index contributed by atoms with van der Waals surface area (Å²) in [4.78, 5) is 12.8. The zero-order valence-electron chi connectivity index (χ0n) is 10.6. The molecule has 0 radical (unpaired) electrons. The van der Waals surface area contributed by atoms with Crippen molar-refractivity contribution in [3.63, 3.8) is 0 Å². The van der Waals surface area contributed by atoms with Gasteiger partial charge in [0.2, 0.25) is 5.91 Å². The topological polar surface area (TPSA) is 49.3 Å². The van der Waals surface area contributed by atoms with E-state index in [0.29, 0.717) is 5.92 Å². The van der Waals surface area contributed by atoms with E-state index in [1.54, 1.807) is 11.8 Å². The van der Waals surface area contributed by atoms with Gasteiger partial charge in [-0.15, -0.1) is 11.8 Å². The fourth-order valence-corrected chi connectivity index (χ4v) is 3.65. The van der Waals surface area contributed by atoms with Crippen LogP contribution >= 0.6 is 11.8 Å². The van der Waals surface area contributed by atoms with Crippen LogP contribution in [0.5, 0.6) is 0 Å². The molecule has 1 aliphatic carbocycles. The molecule has 3 atom stereocenters. The molecule has 0 bridgehead atoms. The molecule has 1 fully saturated rings. The summed E-state index contributed by atoms with van der Waals surface area (Å²) in [6.07, 6.45) is 1.03. The molecule has 96 valence electrons. The first-order valence-corrected chi connectivity index (χ1v) is 7.18. The Morgan fingerprint density at radius 3 is 2.83 bits per heavy atom. The van der Waals surface area contributed by atoms with Crippen LogP contribution in [0.15, 0.2) is 23.1 Å². The molecular weight excluding hydrogens is 246 g/mol. The van der Waals surface area contributed by atoms with E-state index < -0.39 is 0 Å². The Bertz CT molecular complexity index is 513. The predicted molar refractivity (Wildman–Crippen MR) is 72.9 cm³/mol. The molecule has 0 saturated heterocycles. The lowest BCUT2D eigenvalue weighted by atomic mass is 9.94. The molecule has 3 unspecified atom stereocenters. The van der Waals surface area contributed by atoms with Crippen LogP contribution in [0.1, 0.15) is 25.8 Å². The highest BCUT2D eigenvalue weighted by molar-refractivity contribution is 8.00. The molecule has 1 saturated carbocycles. The first kappa shape index (κ1) is 12.1. The summed E-state index contributed by atoms with van der Waals surface area (Å²) in [5, 5.41) is 12.5. The van der Waals surface area contributed by atoms with Crippen molar-refractivity contribution in [2.75, 3.05) is 11.9 Å². The quantitative estimate of drug-likeness (QED) is 0.861. The number of anilines is 1. The van der Waals surface area contributed by atoms with E-state index in [9.17, 15) is 9.90 Å². The van der Waals surface area contributed by atoms with Crippen LogP contribution in [0, 0.1) is 5.92 Å². The number of hydrogen-bond donors (Lipinski definition) is 2. The maximum absolute atomic E-state index is 11.7. The van der Waals surface area contributed by atoms with E-state index >= 15 is 0 Å². The van der Waals surface area contributed by atoms with Gasteiger partial charge in [-0.2, -0.15) is 0 Å². The molecule has 1 heterocycles. The fourth-order valence-electron chi connectivity index (χ4n) is 2.72. The third-order valence-corrected chi connectivity index (χ3v) is 5.40. The number of carbonyl (C=O) groups is 1. The highest BCUT2D eigenvalue weighted by Gasteiger charge is 2.52. The molecule has 1 aromatic carbocycles. The van der Waals surface area contributed by atoms with E-state index in [2.05, 4.69) is 24.4 Å². The molecule has 2 aliphatic rings. The second-order valence-corrected chi connectivity index (χ2v) is 6.76. The van der Waals surface area contributed by atoms with Gasteiger partial charge in [-0.05, 0) is 37.0 Å². The molecule has 1 aromatic rings. The van der Waals surface area contributed by atoms with Gasteiger partial charge in [-0.3, -0.25) is 4.79 Å². The van der Waals surface area contributed by atoms with Crippen LogP contribution < -0.4 is 5.32 Å². The molecule has 0 aromatic heterocycles. The van der Waals surface area contributed by atoms with Gasteiger partial charge in [0.25, 0.3) is 0 Å². The second-order valence-electron chi connectivity index (χ2n) is 5.38. The molecule has 4 heteroatoms. The van der Waals surface area contributed by atoms with Crippen LogP contribution in [0.4, 0.5) is 5.69 Å². The summed E-state index contributed by atoms with van der Waals surface area (Å²) in [5.74, 6) is 0.581. The van der Waals surface area contributed by atoms with Crippen molar-refractivity contribution in [3.05, 3.63) is 23.8 Å². The Balaban J connectivity index is 1.97. The van der Waals surface area contributed by atoms with E-state index in [1.165, 1.54) is 0 Å². The maximum atomic E-state index is 11.7. The van der Waals surface area contributed by atoms with Crippen molar-refractivity contribution >= 4 is 23.4 Å². The molecule has 0 spiro atoms. The van der Waals surface area contributed by atoms with E-state index in [1.807, 2.05) is 13.0 Å². The fraction of sp³-hybridized carbons (Fsp3) is 0.500. The monoisotopic (exact) mass is 263 g/mol. The van der Waals surface area contributed by atoms with Crippen molar-refractivity contribution < 1.29 is 9.90 Å². The molecule has 1 aliphatic heterocycles. The summed E-state index contributed by atoms with van der Waals surface area (Å²) >= 11 is 1.59. The Morgan fingerprint density at radius 2 is 2.22 bits per heavy atom. The number of aliphatic hydroxyl groups is 1. The Morgan fingerprint density at radius 1 is 1.50 bits per heavy atom. The number of aliphatic hydroxyl groups excluding tert-OH is 1. The van der Waals surface area contributed by atoms with Gasteiger partial charge in [-0.25, -0.2) is 0 Å².